The first-order chi connectivity index (χ1) is 10.9. The van der Waals surface area contributed by atoms with Gasteiger partial charge < -0.3 is 0 Å². The van der Waals surface area contributed by atoms with Crippen LogP contribution in [0.25, 0.3) is 0 Å². The number of rotatable bonds is 0. The lowest BCUT2D eigenvalue weighted by Crippen LogP contribution is -2.56. The monoisotopic (exact) mass is 313 g/mol. The van der Waals surface area contributed by atoms with Crippen molar-refractivity contribution >= 4 is 11.6 Å². The van der Waals surface area contributed by atoms with Crippen LogP contribution in [-0.2, 0) is 9.59 Å². The maximum atomic E-state index is 12.5. The normalized spacial score (nSPS) is 52.3. The highest BCUT2D eigenvalue weighted by Crippen LogP contribution is 2.66. The van der Waals surface area contributed by atoms with Gasteiger partial charge in [-0.15, -0.1) is 0 Å². The highest BCUT2D eigenvalue weighted by atomic mass is 16.1. The minimum atomic E-state index is -0.130. The standard InChI is InChI=1S/C20H27NO2/c1-19-7-5-13(22)10-17(19)12(11-21)9-14-15-3-4-18(23)20(15,2)8-6-16(14)19/h12,14-17H,3-10H2,1-2H3/t12?,14-,15-,16-,17+,19+,20-/m0/s1. The summed E-state index contributed by atoms with van der Waals surface area (Å²) in [7, 11) is 0. The smallest absolute Gasteiger partial charge is 0.139 e. The van der Waals surface area contributed by atoms with Crippen LogP contribution in [0.5, 0.6) is 0 Å². The number of fused-ring (bicyclic) bond motifs is 5. The van der Waals surface area contributed by atoms with E-state index < -0.39 is 0 Å². The Bertz CT molecular complexity index is 605. The lowest BCUT2D eigenvalue weighted by molar-refractivity contribution is -0.149. The molecule has 23 heavy (non-hydrogen) atoms. The van der Waals surface area contributed by atoms with Gasteiger partial charge in [-0.05, 0) is 61.2 Å². The van der Waals surface area contributed by atoms with Gasteiger partial charge >= 0.3 is 0 Å². The number of hydrogen-bond donors (Lipinski definition) is 0. The Morgan fingerprint density at radius 3 is 2.57 bits per heavy atom. The first kappa shape index (κ1) is 15.4. The van der Waals surface area contributed by atoms with Crippen LogP contribution in [-0.4, -0.2) is 11.6 Å². The zero-order chi connectivity index (χ0) is 16.4. The van der Waals surface area contributed by atoms with Gasteiger partial charge in [-0.2, -0.15) is 5.26 Å². The molecule has 0 spiro atoms. The second kappa shape index (κ2) is 4.91. The van der Waals surface area contributed by atoms with E-state index in [2.05, 4.69) is 19.9 Å². The summed E-state index contributed by atoms with van der Waals surface area (Å²) < 4.78 is 0. The van der Waals surface area contributed by atoms with Gasteiger partial charge in [0.15, 0.2) is 0 Å². The molecule has 3 nitrogen and oxygen atoms in total. The zero-order valence-electron chi connectivity index (χ0n) is 14.3. The van der Waals surface area contributed by atoms with Crippen molar-refractivity contribution in [3.63, 3.8) is 0 Å². The number of nitrogens with zero attached hydrogens (tertiary/aromatic N) is 1. The maximum Gasteiger partial charge on any atom is 0.139 e. The first-order valence-corrected chi connectivity index (χ1v) is 9.35. The van der Waals surface area contributed by atoms with E-state index in [0.717, 1.165) is 38.5 Å². The third-order valence-corrected chi connectivity index (χ3v) is 8.41. The van der Waals surface area contributed by atoms with Crippen molar-refractivity contribution < 1.29 is 9.59 Å². The molecule has 7 atom stereocenters. The molecule has 4 saturated carbocycles. The number of Topliss-reactive ketones (excluding diaryl/α,β-unsaturated/α-hetero) is 2. The van der Waals surface area contributed by atoms with Gasteiger partial charge in [0.2, 0.25) is 0 Å². The van der Waals surface area contributed by atoms with Gasteiger partial charge in [-0.1, -0.05) is 13.8 Å². The molecule has 0 radical (unpaired) electrons. The van der Waals surface area contributed by atoms with Crippen molar-refractivity contribution in [3.8, 4) is 6.07 Å². The SMILES string of the molecule is C[C@]12CCC(=O)C[C@@H]1C(C#N)C[C@@H]1[C@@H]2CC[C@]2(C)C(=O)CC[C@@H]12. The van der Waals surface area contributed by atoms with Crippen LogP contribution in [0, 0.1) is 51.8 Å². The second-order valence-corrected chi connectivity index (χ2v) is 9.12. The van der Waals surface area contributed by atoms with Gasteiger partial charge in [0.05, 0.1) is 12.0 Å². The van der Waals surface area contributed by atoms with Gasteiger partial charge in [-0.25, -0.2) is 0 Å². The van der Waals surface area contributed by atoms with E-state index in [-0.39, 0.29) is 22.7 Å². The van der Waals surface area contributed by atoms with Crippen molar-refractivity contribution in [3.05, 3.63) is 0 Å². The van der Waals surface area contributed by atoms with E-state index in [1.807, 2.05) is 0 Å². The molecule has 4 rings (SSSR count). The minimum Gasteiger partial charge on any atom is -0.300 e. The Balaban J connectivity index is 1.72. The summed E-state index contributed by atoms with van der Waals surface area (Å²) in [5, 5.41) is 9.75. The minimum absolute atomic E-state index is 0.00329. The van der Waals surface area contributed by atoms with Crippen LogP contribution < -0.4 is 0 Å². The number of carbonyl (C=O) groups excluding carboxylic acids is 2. The Morgan fingerprint density at radius 1 is 1.04 bits per heavy atom. The van der Waals surface area contributed by atoms with Crippen molar-refractivity contribution in [1.82, 2.24) is 0 Å². The van der Waals surface area contributed by atoms with Crippen molar-refractivity contribution in [2.24, 2.45) is 40.4 Å². The van der Waals surface area contributed by atoms with Gasteiger partial charge in [0, 0.05) is 24.7 Å². The molecule has 4 aliphatic carbocycles. The fraction of sp³-hybridized carbons (Fsp3) is 0.850. The summed E-state index contributed by atoms with van der Waals surface area (Å²) in [5.41, 5.74) is -0.000946. The topological polar surface area (TPSA) is 57.9 Å². The number of ketones is 2. The molecule has 4 fully saturated rings. The van der Waals surface area contributed by atoms with Crippen molar-refractivity contribution in [1.29, 1.82) is 5.26 Å². The Hall–Kier alpha value is -1.17. The van der Waals surface area contributed by atoms with Crippen LogP contribution in [0.3, 0.4) is 0 Å². The summed E-state index contributed by atoms with van der Waals surface area (Å²) in [5.74, 6) is 2.65. The molecule has 3 heteroatoms. The van der Waals surface area contributed by atoms with Gasteiger partial charge in [0.1, 0.15) is 11.6 Å². The van der Waals surface area contributed by atoms with E-state index in [1.54, 1.807) is 0 Å². The van der Waals surface area contributed by atoms with Crippen LogP contribution in [0.4, 0.5) is 0 Å². The predicted molar refractivity (Wildman–Crippen MR) is 86.2 cm³/mol. The van der Waals surface area contributed by atoms with Crippen LogP contribution in [0.15, 0.2) is 0 Å². The number of carbonyl (C=O) groups is 2. The molecule has 0 aromatic carbocycles. The van der Waals surface area contributed by atoms with Crippen LogP contribution >= 0.6 is 0 Å². The third-order valence-electron chi connectivity index (χ3n) is 8.41. The summed E-state index contributed by atoms with van der Waals surface area (Å²) in [6.07, 6.45) is 7.06. The average Bonchev–Trinajstić information content (AvgIpc) is 2.83. The highest BCUT2D eigenvalue weighted by molar-refractivity contribution is 5.87. The van der Waals surface area contributed by atoms with Crippen LogP contribution in [0.2, 0.25) is 0 Å². The molecule has 4 aliphatic rings. The Morgan fingerprint density at radius 2 is 1.83 bits per heavy atom. The summed E-state index contributed by atoms with van der Waals surface area (Å²) in [6.45, 7) is 4.54. The molecule has 124 valence electrons. The van der Waals surface area contributed by atoms with E-state index in [4.69, 9.17) is 0 Å². The molecule has 0 N–H and O–H groups in total. The quantitative estimate of drug-likeness (QED) is 0.681. The third kappa shape index (κ3) is 1.93. The molecule has 1 unspecified atom stereocenters. The first-order valence-electron chi connectivity index (χ1n) is 9.35. The Labute approximate surface area is 138 Å². The van der Waals surface area contributed by atoms with E-state index in [1.165, 1.54) is 0 Å². The summed E-state index contributed by atoms with van der Waals surface area (Å²) in [6, 6.07) is 2.55. The van der Waals surface area contributed by atoms with Crippen LogP contribution in [0.1, 0.15) is 65.2 Å². The molecule has 0 aromatic heterocycles. The molecule has 0 saturated heterocycles. The molecule has 0 amide bonds. The molecule has 0 heterocycles. The van der Waals surface area contributed by atoms with E-state index in [0.29, 0.717) is 42.2 Å². The molecular weight excluding hydrogens is 286 g/mol. The fourth-order valence-corrected chi connectivity index (χ4v) is 7.04. The molecule has 0 aromatic rings. The zero-order valence-corrected chi connectivity index (χ0v) is 14.3. The lowest BCUT2D eigenvalue weighted by Gasteiger charge is -2.60. The highest BCUT2D eigenvalue weighted by Gasteiger charge is 2.62. The summed E-state index contributed by atoms with van der Waals surface area (Å²) >= 11 is 0. The second-order valence-electron chi connectivity index (χ2n) is 9.12. The van der Waals surface area contributed by atoms with E-state index >= 15 is 0 Å². The molecular formula is C20H27NO2. The largest absolute Gasteiger partial charge is 0.300 e. The predicted octanol–water partition coefficient (Wildman–Crippen LogP) is 3.92. The van der Waals surface area contributed by atoms with Gasteiger partial charge in [0.25, 0.3) is 0 Å². The van der Waals surface area contributed by atoms with Crippen molar-refractivity contribution in [2.75, 3.05) is 0 Å². The van der Waals surface area contributed by atoms with Gasteiger partial charge in [-0.3, -0.25) is 9.59 Å². The van der Waals surface area contributed by atoms with Crippen molar-refractivity contribution in [2.45, 2.75) is 65.2 Å². The lowest BCUT2D eigenvalue weighted by atomic mass is 9.43. The van der Waals surface area contributed by atoms with E-state index in [9.17, 15) is 14.9 Å². The number of hydrogen-bond acceptors (Lipinski definition) is 3. The number of nitriles is 1. The maximum absolute atomic E-state index is 12.5. The Kier molecular flexibility index (Phi) is 3.28. The summed E-state index contributed by atoms with van der Waals surface area (Å²) in [4.78, 5) is 24.5. The molecule has 0 bridgehead atoms. The fourth-order valence-electron chi connectivity index (χ4n) is 7.04. The molecule has 0 aliphatic heterocycles. The average molecular weight is 313 g/mol.